The molecule has 2 rings (SSSR count). The van der Waals surface area contributed by atoms with Gasteiger partial charge in [-0.2, -0.15) is 0 Å². The van der Waals surface area contributed by atoms with Crippen LogP contribution in [0.5, 0.6) is 11.5 Å². The van der Waals surface area contributed by atoms with Gasteiger partial charge >= 0.3 is 0 Å². The minimum Gasteiger partial charge on any atom is -0.499 e. The third kappa shape index (κ3) is 11.2. The van der Waals surface area contributed by atoms with Gasteiger partial charge in [-0.05, 0) is 52.2 Å². The fraction of sp³-hybridized carbons (Fsp3) is 0.421. The lowest BCUT2D eigenvalue weighted by atomic mass is 10.2. The van der Waals surface area contributed by atoms with E-state index in [1.807, 2.05) is 45.0 Å². The highest BCUT2D eigenvalue weighted by Crippen LogP contribution is 2.32. The summed E-state index contributed by atoms with van der Waals surface area (Å²) in [6.45, 7) is 9.80. The summed E-state index contributed by atoms with van der Waals surface area (Å²) in [5, 5.41) is 12.7. The number of nitrogens with two attached hydrogens (primary N) is 3. The number of aliphatic imine (C=N–C) groups is 1. The lowest BCUT2D eigenvalue weighted by molar-refractivity contribution is 0.174. The molecule has 0 fully saturated rings. The van der Waals surface area contributed by atoms with Crippen LogP contribution < -0.4 is 26.7 Å². The first kappa shape index (κ1) is 27.9. The van der Waals surface area contributed by atoms with Crippen molar-refractivity contribution in [3.8, 4) is 11.5 Å². The zero-order valence-electron chi connectivity index (χ0n) is 18.0. The molecule has 0 atom stereocenters. The number of fused-ring (bicyclic) bond motifs is 1. The van der Waals surface area contributed by atoms with Gasteiger partial charge in [0.25, 0.3) is 0 Å². The van der Waals surface area contributed by atoms with Crippen molar-refractivity contribution in [3.63, 3.8) is 0 Å². The quantitative estimate of drug-likeness (QED) is 0.287. The lowest BCUT2D eigenvalue weighted by Gasteiger charge is -2.14. The van der Waals surface area contributed by atoms with Crippen molar-refractivity contribution in [1.82, 2.24) is 4.90 Å². The fourth-order valence-corrected chi connectivity index (χ4v) is 1.75. The van der Waals surface area contributed by atoms with Crippen molar-refractivity contribution >= 4 is 18.6 Å². The molecule has 0 radical (unpaired) electrons. The Bertz CT molecular complexity index is 663. The molecular weight excluding hydrogens is 374 g/mol. The van der Waals surface area contributed by atoms with Crippen LogP contribution in [0.4, 0.5) is 0 Å². The standard InChI is InChI=1S/C11H15N5O2.C6H12O.CH5N.CH3N/c1-16(10(12)13)11(14)15-5-7-2-3-8-9(4-7)18-6-17-8;1-4-6(3)7-5-2;2*1-2/h2-4H,5-6H2,1H3,(H3,12,13)(H2,14,15);4H,5H2,1-3H3;2H2,1H3;2H,1H2/b;6-4+;;. The molecule has 1 heterocycles. The molecule has 10 heteroatoms. The van der Waals surface area contributed by atoms with Crippen LogP contribution in [0.25, 0.3) is 0 Å². The Morgan fingerprint density at radius 3 is 2.34 bits per heavy atom. The van der Waals surface area contributed by atoms with Crippen molar-refractivity contribution in [2.75, 3.05) is 27.5 Å². The van der Waals surface area contributed by atoms with Crippen LogP contribution in [0.2, 0.25) is 0 Å². The van der Waals surface area contributed by atoms with Crippen LogP contribution in [-0.2, 0) is 11.3 Å². The third-order valence-corrected chi connectivity index (χ3v) is 3.34. The summed E-state index contributed by atoms with van der Waals surface area (Å²) in [6, 6.07) is 5.57. The van der Waals surface area contributed by atoms with Gasteiger partial charge in [0.05, 0.1) is 18.9 Å². The van der Waals surface area contributed by atoms with Crippen LogP contribution in [0.3, 0.4) is 0 Å². The highest BCUT2D eigenvalue weighted by Gasteiger charge is 2.13. The molecule has 0 amide bonds. The summed E-state index contributed by atoms with van der Waals surface area (Å²) in [4.78, 5) is 5.44. The molecule has 10 nitrogen and oxygen atoms in total. The monoisotopic (exact) mass is 409 g/mol. The topological polar surface area (TPSA) is 169 Å². The van der Waals surface area contributed by atoms with Crippen molar-refractivity contribution in [3.05, 3.63) is 35.6 Å². The van der Waals surface area contributed by atoms with E-state index >= 15 is 0 Å². The molecule has 0 saturated carbocycles. The number of hydrogen-bond acceptors (Lipinski definition) is 7. The van der Waals surface area contributed by atoms with Gasteiger partial charge in [-0.15, -0.1) is 0 Å². The molecule has 0 saturated heterocycles. The number of guanidine groups is 2. The first-order valence-electron chi connectivity index (χ1n) is 8.84. The lowest BCUT2D eigenvalue weighted by Crippen LogP contribution is -2.42. The minimum atomic E-state index is -0.151. The van der Waals surface area contributed by atoms with Crippen LogP contribution in [0, 0.1) is 10.8 Å². The molecule has 1 aromatic carbocycles. The Balaban J connectivity index is 0. The number of rotatable bonds is 4. The Hall–Kier alpha value is -3.27. The molecule has 8 N–H and O–H groups in total. The van der Waals surface area contributed by atoms with E-state index in [4.69, 9.17) is 36.5 Å². The molecule has 0 aromatic heterocycles. The molecule has 0 spiro atoms. The van der Waals surface area contributed by atoms with E-state index in [2.05, 4.69) is 17.4 Å². The first-order valence-corrected chi connectivity index (χ1v) is 8.84. The van der Waals surface area contributed by atoms with E-state index in [1.54, 1.807) is 7.05 Å². The normalized spacial score (nSPS) is 11.5. The number of nitrogens with zero attached hydrogens (tertiary/aromatic N) is 2. The van der Waals surface area contributed by atoms with E-state index in [9.17, 15) is 0 Å². The molecule has 29 heavy (non-hydrogen) atoms. The molecule has 1 aromatic rings. The summed E-state index contributed by atoms with van der Waals surface area (Å²) < 4.78 is 15.5. The fourth-order valence-electron chi connectivity index (χ4n) is 1.75. The summed E-state index contributed by atoms with van der Waals surface area (Å²) in [7, 11) is 3.08. The van der Waals surface area contributed by atoms with Crippen molar-refractivity contribution in [2.24, 2.45) is 22.2 Å². The molecule has 1 aliphatic rings. The Morgan fingerprint density at radius 1 is 1.28 bits per heavy atom. The zero-order valence-corrected chi connectivity index (χ0v) is 18.0. The van der Waals surface area contributed by atoms with Crippen LogP contribution >= 0.6 is 0 Å². The smallest absolute Gasteiger partial charge is 0.231 e. The van der Waals surface area contributed by atoms with Gasteiger partial charge in [0.15, 0.2) is 23.4 Å². The molecule has 0 aliphatic carbocycles. The third-order valence-electron chi connectivity index (χ3n) is 3.34. The van der Waals surface area contributed by atoms with E-state index < -0.39 is 0 Å². The molecule has 0 bridgehead atoms. The second kappa shape index (κ2) is 16.9. The molecule has 164 valence electrons. The van der Waals surface area contributed by atoms with Crippen molar-refractivity contribution in [1.29, 1.82) is 10.8 Å². The largest absolute Gasteiger partial charge is 0.499 e. The summed E-state index contributed by atoms with van der Waals surface area (Å²) in [5.74, 6) is 2.49. The Labute approximate surface area is 173 Å². The van der Waals surface area contributed by atoms with E-state index in [0.29, 0.717) is 12.3 Å². The van der Waals surface area contributed by atoms with E-state index in [1.165, 1.54) is 11.9 Å². The maximum absolute atomic E-state index is 7.22. The molecular formula is C19H35N7O3. The number of ether oxygens (including phenoxy) is 3. The second-order valence-corrected chi connectivity index (χ2v) is 5.14. The SMILES string of the molecule is C/C=C(\C)OCC.C=N.CN.CN(C(=N)N)C(N)=NCc1ccc2c(c1)OCO2. The van der Waals surface area contributed by atoms with E-state index in [0.717, 1.165) is 23.7 Å². The second-order valence-electron chi connectivity index (χ2n) is 5.14. The highest BCUT2D eigenvalue weighted by atomic mass is 16.7. The first-order chi connectivity index (χ1) is 13.9. The maximum atomic E-state index is 7.22. The van der Waals surface area contributed by atoms with E-state index in [-0.39, 0.29) is 18.7 Å². The predicted octanol–water partition coefficient (Wildman–Crippen LogP) is 1.84. The van der Waals surface area contributed by atoms with Gasteiger partial charge in [-0.1, -0.05) is 12.1 Å². The number of hydrogen-bond donors (Lipinski definition) is 5. The van der Waals surface area contributed by atoms with Gasteiger partial charge in [0.2, 0.25) is 6.79 Å². The number of benzene rings is 1. The maximum Gasteiger partial charge on any atom is 0.231 e. The average Bonchev–Trinajstić information content (AvgIpc) is 3.22. The van der Waals surface area contributed by atoms with Crippen molar-refractivity contribution < 1.29 is 14.2 Å². The summed E-state index contributed by atoms with van der Waals surface area (Å²) in [5.41, 5.74) is 16.4. The summed E-state index contributed by atoms with van der Waals surface area (Å²) in [6.07, 6.45) is 1.95. The van der Waals surface area contributed by atoms with Gasteiger partial charge in [0, 0.05) is 7.05 Å². The van der Waals surface area contributed by atoms with Crippen LogP contribution in [0.1, 0.15) is 26.3 Å². The highest BCUT2D eigenvalue weighted by molar-refractivity contribution is 5.95. The molecule has 0 unspecified atom stereocenters. The molecule has 1 aliphatic heterocycles. The number of nitrogens with one attached hydrogen (secondary N) is 2. The Morgan fingerprint density at radius 2 is 1.86 bits per heavy atom. The van der Waals surface area contributed by atoms with Crippen LogP contribution in [0.15, 0.2) is 35.0 Å². The Kier molecular flexibility index (Phi) is 16.3. The van der Waals surface area contributed by atoms with Crippen molar-refractivity contribution in [2.45, 2.75) is 27.3 Å². The average molecular weight is 410 g/mol. The predicted molar refractivity (Wildman–Crippen MR) is 119 cm³/mol. The van der Waals surface area contributed by atoms with Gasteiger partial charge in [-0.3, -0.25) is 10.3 Å². The number of allylic oxidation sites excluding steroid dienone is 2. The minimum absolute atomic E-state index is 0.151. The van der Waals surface area contributed by atoms with Crippen LogP contribution in [-0.4, -0.2) is 51.0 Å². The van der Waals surface area contributed by atoms with Gasteiger partial charge in [0.1, 0.15) is 0 Å². The van der Waals surface area contributed by atoms with Gasteiger partial charge in [-0.25, -0.2) is 4.99 Å². The summed E-state index contributed by atoms with van der Waals surface area (Å²) >= 11 is 0. The van der Waals surface area contributed by atoms with Gasteiger partial charge < -0.3 is 36.8 Å². The zero-order chi connectivity index (χ0) is 22.8.